The van der Waals surface area contributed by atoms with Crippen LogP contribution in [0.25, 0.3) is 0 Å². The predicted octanol–water partition coefficient (Wildman–Crippen LogP) is 1.63. The standard InChI is InChI=1S/C9H8F3NO3/c1-2-16-9(15)4-3-5(14)6(10)7(13-4)8(11)12/h3,8H,2H2,1H3,(H,13,14). The van der Waals surface area contributed by atoms with Gasteiger partial charge in [0.1, 0.15) is 11.4 Å². The molecular formula is C9H8F3NO3. The molecule has 1 aromatic heterocycles. The molecule has 0 saturated carbocycles. The number of rotatable bonds is 3. The van der Waals surface area contributed by atoms with E-state index >= 15 is 0 Å². The van der Waals surface area contributed by atoms with Crippen molar-refractivity contribution in [1.29, 1.82) is 0 Å². The van der Waals surface area contributed by atoms with Crippen LogP contribution >= 0.6 is 0 Å². The van der Waals surface area contributed by atoms with Gasteiger partial charge < -0.3 is 9.72 Å². The number of pyridine rings is 1. The summed E-state index contributed by atoms with van der Waals surface area (Å²) in [6.07, 6.45) is -3.21. The van der Waals surface area contributed by atoms with Crippen LogP contribution in [0.5, 0.6) is 0 Å². The summed E-state index contributed by atoms with van der Waals surface area (Å²) in [5, 5.41) is 0. The third kappa shape index (κ3) is 2.41. The van der Waals surface area contributed by atoms with Crippen LogP contribution in [0.3, 0.4) is 0 Å². The first-order chi connectivity index (χ1) is 7.47. The lowest BCUT2D eigenvalue weighted by Crippen LogP contribution is -2.18. The molecule has 1 N–H and O–H groups in total. The Morgan fingerprint density at radius 1 is 1.56 bits per heavy atom. The molecule has 1 rings (SSSR count). The van der Waals surface area contributed by atoms with Crippen molar-refractivity contribution in [3.05, 3.63) is 33.5 Å². The number of halogens is 3. The summed E-state index contributed by atoms with van der Waals surface area (Å²) < 4.78 is 41.9. The molecule has 0 spiro atoms. The largest absolute Gasteiger partial charge is 0.461 e. The molecule has 0 aliphatic heterocycles. The van der Waals surface area contributed by atoms with E-state index in [1.165, 1.54) is 6.92 Å². The van der Waals surface area contributed by atoms with E-state index in [0.29, 0.717) is 6.07 Å². The van der Waals surface area contributed by atoms with Crippen LogP contribution in [0.1, 0.15) is 29.5 Å². The summed E-state index contributed by atoms with van der Waals surface area (Å²) in [6, 6.07) is 0.583. The van der Waals surface area contributed by atoms with E-state index in [1.54, 1.807) is 0 Å². The summed E-state index contributed by atoms with van der Waals surface area (Å²) >= 11 is 0. The van der Waals surface area contributed by atoms with E-state index in [4.69, 9.17) is 0 Å². The highest BCUT2D eigenvalue weighted by Gasteiger charge is 2.20. The molecule has 0 aromatic carbocycles. The topological polar surface area (TPSA) is 59.2 Å². The second kappa shape index (κ2) is 4.82. The van der Waals surface area contributed by atoms with Crippen LogP contribution in [0.2, 0.25) is 0 Å². The van der Waals surface area contributed by atoms with E-state index in [9.17, 15) is 22.8 Å². The Hall–Kier alpha value is -1.79. The van der Waals surface area contributed by atoms with Crippen molar-refractivity contribution in [2.75, 3.05) is 6.61 Å². The third-order valence-electron chi connectivity index (χ3n) is 1.71. The number of carbonyl (C=O) groups is 1. The van der Waals surface area contributed by atoms with Gasteiger partial charge in [-0.05, 0) is 6.92 Å². The molecule has 7 heteroatoms. The Balaban J connectivity index is 3.24. The Bertz CT molecular complexity index is 456. The van der Waals surface area contributed by atoms with Gasteiger partial charge >= 0.3 is 5.97 Å². The van der Waals surface area contributed by atoms with Gasteiger partial charge in [0.15, 0.2) is 5.82 Å². The minimum Gasteiger partial charge on any atom is -0.461 e. The molecular weight excluding hydrogens is 227 g/mol. The zero-order valence-electron chi connectivity index (χ0n) is 8.22. The van der Waals surface area contributed by atoms with Gasteiger partial charge in [-0.1, -0.05) is 0 Å². The van der Waals surface area contributed by atoms with Gasteiger partial charge in [-0.2, -0.15) is 0 Å². The number of H-pyrrole nitrogens is 1. The van der Waals surface area contributed by atoms with Gasteiger partial charge in [0.25, 0.3) is 6.43 Å². The van der Waals surface area contributed by atoms with Gasteiger partial charge in [0.05, 0.1) is 6.61 Å². The third-order valence-corrected chi connectivity index (χ3v) is 1.71. The van der Waals surface area contributed by atoms with E-state index in [1.807, 2.05) is 4.98 Å². The molecule has 0 fully saturated rings. The number of esters is 1. The van der Waals surface area contributed by atoms with Crippen molar-refractivity contribution in [2.24, 2.45) is 0 Å². The van der Waals surface area contributed by atoms with Gasteiger partial charge in [-0.25, -0.2) is 18.0 Å². The maximum Gasteiger partial charge on any atom is 0.354 e. The second-order valence-corrected chi connectivity index (χ2v) is 2.80. The maximum atomic E-state index is 12.9. The van der Waals surface area contributed by atoms with Gasteiger partial charge in [-0.3, -0.25) is 4.79 Å². The first-order valence-electron chi connectivity index (χ1n) is 4.35. The Kier molecular flexibility index (Phi) is 3.70. The fourth-order valence-electron chi connectivity index (χ4n) is 1.03. The number of alkyl halides is 2. The first-order valence-corrected chi connectivity index (χ1v) is 4.35. The van der Waals surface area contributed by atoms with Crippen molar-refractivity contribution in [1.82, 2.24) is 4.98 Å². The minimum atomic E-state index is -3.21. The SMILES string of the molecule is CCOC(=O)c1cc(=O)c(F)c(C(F)F)[nH]1. The lowest BCUT2D eigenvalue weighted by molar-refractivity contribution is 0.0517. The van der Waals surface area contributed by atoms with Crippen LogP contribution in [0, 0.1) is 5.82 Å². The number of hydrogen-bond acceptors (Lipinski definition) is 3. The first kappa shape index (κ1) is 12.3. The predicted molar refractivity (Wildman–Crippen MR) is 47.9 cm³/mol. The summed E-state index contributed by atoms with van der Waals surface area (Å²) in [6.45, 7) is 1.52. The van der Waals surface area contributed by atoms with E-state index < -0.39 is 35.0 Å². The second-order valence-electron chi connectivity index (χ2n) is 2.80. The molecule has 88 valence electrons. The normalized spacial score (nSPS) is 10.6. The van der Waals surface area contributed by atoms with Crippen molar-refractivity contribution in [3.8, 4) is 0 Å². The maximum absolute atomic E-state index is 12.9. The Morgan fingerprint density at radius 2 is 2.19 bits per heavy atom. The fourth-order valence-corrected chi connectivity index (χ4v) is 1.03. The zero-order valence-corrected chi connectivity index (χ0v) is 8.22. The molecule has 16 heavy (non-hydrogen) atoms. The highest BCUT2D eigenvalue weighted by atomic mass is 19.3. The number of hydrogen-bond donors (Lipinski definition) is 1. The van der Waals surface area contributed by atoms with Crippen LogP contribution in [-0.4, -0.2) is 17.6 Å². The molecule has 0 aliphatic carbocycles. The lowest BCUT2D eigenvalue weighted by atomic mass is 10.3. The quantitative estimate of drug-likeness (QED) is 0.810. The number of aromatic nitrogens is 1. The molecule has 4 nitrogen and oxygen atoms in total. The van der Waals surface area contributed by atoms with Gasteiger partial charge in [0, 0.05) is 6.07 Å². The fraction of sp³-hybridized carbons (Fsp3) is 0.333. The summed E-state index contributed by atoms with van der Waals surface area (Å²) in [4.78, 5) is 23.9. The molecule has 0 radical (unpaired) electrons. The number of ether oxygens (including phenoxy) is 1. The Morgan fingerprint density at radius 3 is 2.69 bits per heavy atom. The van der Waals surface area contributed by atoms with Crippen LogP contribution in [-0.2, 0) is 4.74 Å². The van der Waals surface area contributed by atoms with Crippen molar-refractivity contribution >= 4 is 5.97 Å². The van der Waals surface area contributed by atoms with Crippen molar-refractivity contribution < 1.29 is 22.7 Å². The lowest BCUT2D eigenvalue weighted by Gasteiger charge is -2.05. The molecule has 1 heterocycles. The number of carbonyl (C=O) groups excluding carboxylic acids is 1. The molecule has 0 bridgehead atoms. The van der Waals surface area contributed by atoms with E-state index in [2.05, 4.69) is 4.74 Å². The molecule has 0 unspecified atom stereocenters. The number of nitrogens with one attached hydrogen (secondary N) is 1. The molecule has 0 saturated heterocycles. The highest BCUT2D eigenvalue weighted by molar-refractivity contribution is 5.87. The van der Waals surface area contributed by atoms with Crippen molar-refractivity contribution in [3.63, 3.8) is 0 Å². The Labute approximate surface area is 88.0 Å². The zero-order chi connectivity index (χ0) is 12.3. The van der Waals surface area contributed by atoms with Crippen LogP contribution in [0.15, 0.2) is 10.9 Å². The molecule has 1 aromatic rings. The van der Waals surface area contributed by atoms with E-state index in [-0.39, 0.29) is 6.61 Å². The summed E-state index contributed by atoms with van der Waals surface area (Å²) in [5.41, 5.74) is -2.99. The average Bonchev–Trinajstić information content (AvgIpc) is 2.21. The van der Waals surface area contributed by atoms with Crippen LogP contribution in [0.4, 0.5) is 13.2 Å². The van der Waals surface area contributed by atoms with Crippen LogP contribution < -0.4 is 5.43 Å². The molecule has 0 aliphatic rings. The summed E-state index contributed by atoms with van der Waals surface area (Å²) in [7, 11) is 0. The van der Waals surface area contributed by atoms with E-state index in [0.717, 1.165) is 0 Å². The average molecular weight is 235 g/mol. The minimum absolute atomic E-state index is 0.0161. The molecule has 0 amide bonds. The van der Waals surface area contributed by atoms with Gasteiger partial charge in [-0.15, -0.1) is 0 Å². The highest BCUT2D eigenvalue weighted by Crippen LogP contribution is 2.17. The number of aromatic amines is 1. The van der Waals surface area contributed by atoms with Crippen molar-refractivity contribution in [2.45, 2.75) is 13.3 Å². The summed E-state index contributed by atoms with van der Waals surface area (Å²) in [5.74, 6) is -2.58. The smallest absolute Gasteiger partial charge is 0.354 e. The van der Waals surface area contributed by atoms with Gasteiger partial charge in [0.2, 0.25) is 5.43 Å². The monoisotopic (exact) mass is 235 g/mol. The molecule has 0 atom stereocenters.